The van der Waals surface area contributed by atoms with Gasteiger partial charge in [0.25, 0.3) is 0 Å². The van der Waals surface area contributed by atoms with E-state index in [1.54, 1.807) is 0 Å². The molecule has 0 saturated heterocycles. The van der Waals surface area contributed by atoms with Crippen molar-refractivity contribution in [2.75, 3.05) is 6.61 Å². The van der Waals surface area contributed by atoms with Gasteiger partial charge in [-0.3, -0.25) is 4.55 Å². The van der Waals surface area contributed by atoms with Crippen LogP contribution in [0.2, 0.25) is 0 Å². The van der Waals surface area contributed by atoms with Gasteiger partial charge in [0, 0.05) is 0 Å². The van der Waals surface area contributed by atoms with Gasteiger partial charge in [-0.05, 0) is 6.92 Å². The highest BCUT2D eigenvalue weighted by atomic mass is 32.2. The second-order valence-corrected chi connectivity index (χ2v) is 4.18. The van der Waals surface area contributed by atoms with Crippen LogP contribution in [0.1, 0.15) is 6.92 Å². The highest BCUT2D eigenvalue weighted by molar-refractivity contribution is 7.85. The highest BCUT2D eigenvalue weighted by Gasteiger charge is 2.32. The van der Waals surface area contributed by atoms with Crippen molar-refractivity contribution < 1.29 is 35.3 Å². The number of hydrogen-bond donors (Lipinski definition) is 1. The maximum atomic E-state index is 13.1. The summed E-state index contributed by atoms with van der Waals surface area (Å²) >= 11 is 0. The average molecular weight is 274 g/mol. The summed E-state index contributed by atoms with van der Waals surface area (Å²) in [5.41, 5.74) is 0. The summed E-state index contributed by atoms with van der Waals surface area (Å²) in [6, 6.07) is 0. The van der Waals surface area contributed by atoms with Crippen LogP contribution in [0, 0.1) is 23.3 Å². The van der Waals surface area contributed by atoms with E-state index >= 15 is 0 Å². The van der Waals surface area contributed by atoms with E-state index in [1.165, 1.54) is 6.92 Å². The van der Waals surface area contributed by atoms with Gasteiger partial charge in [-0.15, -0.1) is 0 Å². The maximum Gasteiger partial charge on any atom is 0.300 e. The molecule has 0 aliphatic carbocycles. The zero-order chi connectivity index (χ0) is 13.4. The van der Waals surface area contributed by atoms with Crippen LogP contribution in [0.5, 0.6) is 5.75 Å². The van der Waals surface area contributed by atoms with Crippen molar-refractivity contribution in [3.8, 4) is 5.75 Å². The first kappa shape index (κ1) is 13.7. The Kier molecular flexibility index (Phi) is 3.62. The van der Waals surface area contributed by atoms with Crippen LogP contribution >= 0.6 is 0 Å². The SMILES string of the molecule is CCOc1c(F)c(F)c(S(=O)(=O)O)c(F)c1F. The lowest BCUT2D eigenvalue weighted by atomic mass is 10.3. The maximum absolute atomic E-state index is 13.1. The molecule has 1 rings (SSSR count). The Morgan fingerprint density at radius 1 is 1.06 bits per heavy atom. The van der Waals surface area contributed by atoms with E-state index in [1.807, 2.05) is 0 Å². The Morgan fingerprint density at radius 3 is 1.76 bits per heavy atom. The fourth-order valence-electron chi connectivity index (χ4n) is 1.09. The van der Waals surface area contributed by atoms with E-state index in [2.05, 4.69) is 4.74 Å². The third-order valence-electron chi connectivity index (χ3n) is 1.73. The van der Waals surface area contributed by atoms with Crippen molar-refractivity contribution in [2.24, 2.45) is 0 Å². The summed E-state index contributed by atoms with van der Waals surface area (Å²) in [6.07, 6.45) is 0. The summed E-state index contributed by atoms with van der Waals surface area (Å²) in [6.45, 7) is 1.00. The number of hydrogen-bond acceptors (Lipinski definition) is 3. The van der Waals surface area contributed by atoms with Crippen molar-refractivity contribution in [2.45, 2.75) is 11.8 Å². The molecule has 17 heavy (non-hydrogen) atoms. The number of halogens is 4. The minimum atomic E-state index is -5.43. The topological polar surface area (TPSA) is 63.6 Å². The number of rotatable bonds is 3. The number of ether oxygens (including phenoxy) is 1. The van der Waals surface area contributed by atoms with Crippen molar-refractivity contribution in [3.63, 3.8) is 0 Å². The van der Waals surface area contributed by atoms with E-state index in [0.29, 0.717) is 0 Å². The summed E-state index contributed by atoms with van der Waals surface area (Å²) in [7, 11) is -5.43. The van der Waals surface area contributed by atoms with Crippen LogP contribution in [-0.2, 0) is 10.1 Å². The molecule has 1 aromatic rings. The van der Waals surface area contributed by atoms with Crippen LogP contribution in [-0.4, -0.2) is 19.6 Å². The third kappa shape index (κ3) is 2.34. The molecule has 1 aromatic carbocycles. The van der Waals surface area contributed by atoms with Gasteiger partial charge in [0.1, 0.15) is 0 Å². The Hall–Kier alpha value is -1.35. The summed E-state index contributed by atoms with van der Waals surface area (Å²) < 4.78 is 86.3. The predicted octanol–water partition coefficient (Wildman–Crippen LogP) is 1.89. The first-order valence-corrected chi connectivity index (χ1v) is 5.62. The van der Waals surface area contributed by atoms with Crippen LogP contribution < -0.4 is 4.74 Å². The van der Waals surface area contributed by atoms with E-state index in [4.69, 9.17) is 4.55 Å². The molecule has 96 valence electrons. The lowest BCUT2D eigenvalue weighted by Crippen LogP contribution is -2.12. The van der Waals surface area contributed by atoms with Gasteiger partial charge in [0.15, 0.2) is 22.3 Å². The minimum Gasteiger partial charge on any atom is -0.488 e. The molecule has 0 radical (unpaired) electrons. The van der Waals surface area contributed by atoms with Gasteiger partial charge in [0.2, 0.25) is 11.6 Å². The standard InChI is InChI=1S/C8H6F4O4S/c1-2-16-7-3(9)5(11)8(17(13,14)15)6(12)4(7)10/h2H2,1H3,(H,13,14,15). The fourth-order valence-corrected chi connectivity index (χ4v) is 1.72. The van der Waals surface area contributed by atoms with Crippen LogP contribution in [0.4, 0.5) is 17.6 Å². The Bertz CT molecular complexity index is 526. The van der Waals surface area contributed by atoms with Crippen LogP contribution in [0.15, 0.2) is 4.90 Å². The van der Waals surface area contributed by atoms with Crippen molar-refractivity contribution >= 4 is 10.1 Å². The normalized spacial score (nSPS) is 11.6. The van der Waals surface area contributed by atoms with E-state index in [-0.39, 0.29) is 6.61 Å². The Morgan fingerprint density at radius 2 is 1.47 bits per heavy atom. The molecule has 0 unspecified atom stereocenters. The summed E-state index contributed by atoms with van der Waals surface area (Å²) in [5.74, 6) is -9.92. The molecule has 0 heterocycles. The molecule has 0 bridgehead atoms. The first-order chi connectivity index (χ1) is 7.71. The quantitative estimate of drug-likeness (QED) is 0.519. The highest BCUT2D eigenvalue weighted by Crippen LogP contribution is 2.32. The lowest BCUT2D eigenvalue weighted by molar-refractivity contribution is 0.280. The molecule has 4 nitrogen and oxygen atoms in total. The third-order valence-corrected chi connectivity index (χ3v) is 2.60. The second kappa shape index (κ2) is 4.49. The largest absolute Gasteiger partial charge is 0.488 e. The number of benzene rings is 1. The fraction of sp³-hybridized carbons (Fsp3) is 0.250. The average Bonchev–Trinajstić information content (AvgIpc) is 2.20. The van der Waals surface area contributed by atoms with Gasteiger partial charge in [0.05, 0.1) is 6.61 Å². The molecule has 0 atom stereocenters. The molecule has 0 amide bonds. The monoisotopic (exact) mass is 274 g/mol. The zero-order valence-corrected chi connectivity index (χ0v) is 9.12. The second-order valence-electron chi connectivity index (χ2n) is 2.82. The van der Waals surface area contributed by atoms with Crippen molar-refractivity contribution in [1.29, 1.82) is 0 Å². The van der Waals surface area contributed by atoms with Crippen LogP contribution in [0.25, 0.3) is 0 Å². The molecule has 0 aromatic heterocycles. The molecule has 1 N–H and O–H groups in total. The van der Waals surface area contributed by atoms with Gasteiger partial charge in [-0.2, -0.15) is 17.2 Å². The Balaban J connectivity index is 3.71. The summed E-state index contributed by atoms with van der Waals surface area (Å²) in [5, 5.41) is 0. The lowest BCUT2D eigenvalue weighted by Gasteiger charge is -2.10. The van der Waals surface area contributed by atoms with E-state index in [9.17, 15) is 26.0 Å². The molecule has 0 saturated carbocycles. The van der Waals surface area contributed by atoms with E-state index in [0.717, 1.165) is 0 Å². The molecular weight excluding hydrogens is 268 g/mol. The molecule has 0 aliphatic heterocycles. The van der Waals surface area contributed by atoms with Gasteiger partial charge < -0.3 is 4.74 Å². The summed E-state index contributed by atoms with van der Waals surface area (Å²) in [4.78, 5) is -2.09. The van der Waals surface area contributed by atoms with Gasteiger partial charge in [-0.1, -0.05) is 0 Å². The Labute approximate surface area is 93.6 Å². The first-order valence-electron chi connectivity index (χ1n) is 4.18. The van der Waals surface area contributed by atoms with Gasteiger partial charge >= 0.3 is 10.1 Å². The van der Waals surface area contributed by atoms with Crippen LogP contribution in [0.3, 0.4) is 0 Å². The molecular formula is C8H6F4O4S. The molecule has 0 fully saturated rings. The molecule has 9 heteroatoms. The van der Waals surface area contributed by atoms with Crippen molar-refractivity contribution in [3.05, 3.63) is 23.3 Å². The smallest absolute Gasteiger partial charge is 0.300 e. The minimum absolute atomic E-state index is 0.294. The zero-order valence-electron chi connectivity index (χ0n) is 8.30. The van der Waals surface area contributed by atoms with Gasteiger partial charge in [-0.25, -0.2) is 8.78 Å². The molecule has 0 spiro atoms. The van der Waals surface area contributed by atoms with Crippen molar-refractivity contribution in [1.82, 2.24) is 0 Å². The predicted molar refractivity (Wildman–Crippen MR) is 47.3 cm³/mol. The molecule has 0 aliphatic rings. The van der Waals surface area contributed by atoms with E-state index < -0.39 is 44.0 Å².